The van der Waals surface area contributed by atoms with Crippen LogP contribution in [0, 0.1) is 0 Å². The molecule has 0 radical (unpaired) electrons. The highest BCUT2D eigenvalue weighted by Crippen LogP contribution is 2.38. The number of aromatic nitrogens is 1. The number of hydrogen-bond acceptors (Lipinski definition) is 2. The van der Waals surface area contributed by atoms with E-state index in [0.29, 0.717) is 16.5 Å². The quantitative estimate of drug-likeness (QED) is 0.642. The number of carboxylic acid groups (broad SMARTS) is 1. The van der Waals surface area contributed by atoms with Crippen LogP contribution in [0.4, 0.5) is 0 Å². The van der Waals surface area contributed by atoms with Gasteiger partial charge in [-0.2, -0.15) is 0 Å². The van der Waals surface area contributed by atoms with E-state index in [1.807, 2.05) is 30.3 Å². The summed E-state index contributed by atoms with van der Waals surface area (Å²) in [5, 5.41) is 14.8. The van der Waals surface area contributed by atoms with Crippen molar-refractivity contribution in [2.45, 2.75) is 18.5 Å². The first-order valence-electron chi connectivity index (χ1n) is 7.58. The van der Waals surface area contributed by atoms with Crippen LogP contribution in [0.2, 0.25) is 10.0 Å². The van der Waals surface area contributed by atoms with E-state index < -0.39 is 12.0 Å². The van der Waals surface area contributed by atoms with Crippen molar-refractivity contribution < 1.29 is 9.90 Å². The first kappa shape index (κ1) is 15.5. The number of para-hydroxylation sites is 1. The number of H-pyrrole nitrogens is 1. The lowest BCUT2D eigenvalue weighted by molar-refractivity contribution is -0.139. The van der Waals surface area contributed by atoms with E-state index in [9.17, 15) is 9.90 Å². The maximum absolute atomic E-state index is 11.6. The first-order chi connectivity index (χ1) is 11.5. The minimum absolute atomic E-state index is 0.327. The Hall–Kier alpha value is -2.01. The summed E-state index contributed by atoms with van der Waals surface area (Å²) < 4.78 is 0. The molecule has 2 aromatic carbocycles. The fraction of sp³-hybridized carbons (Fsp3) is 0.167. The predicted octanol–water partition coefficient (Wildman–Crippen LogP) is 4.16. The van der Waals surface area contributed by atoms with Crippen LogP contribution in [-0.2, 0) is 11.2 Å². The summed E-state index contributed by atoms with van der Waals surface area (Å²) in [4.78, 5) is 15.0. The van der Waals surface area contributed by atoms with E-state index in [-0.39, 0.29) is 6.04 Å². The molecule has 1 aromatic heterocycles. The summed E-state index contributed by atoms with van der Waals surface area (Å²) in [5.74, 6) is -0.874. The molecule has 6 heteroatoms. The lowest BCUT2D eigenvalue weighted by atomic mass is 9.90. The highest BCUT2D eigenvalue weighted by atomic mass is 35.5. The third-order valence-electron chi connectivity index (χ3n) is 4.48. The highest BCUT2D eigenvalue weighted by molar-refractivity contribution is 6.35. The highest BCUT2D eigenvalue weighted by Gasteiger charge is 2.34. The van der Waals surface area contributed by atoms with E-state index in [1.54, 1.807) is 12.1 Å². The maximum atomic E-state index is 11.6. The lowest BCUT2D eigenvalue weighted by Crippen LogP contribution is -2.45. The Labute approximate surface area is 148 Å². The van der Waals surface area contributed by atoms with Gasteiger partial charge < -0.3 is 10.1 Å². The van der Waals surface area contributed by atoms with Crippen LogP contribution >= 0.6 is 23.2 Å². The van der Waals surface area contributed by atoms with Crippen LogP contribution in [-0.4, -0.2) is 22.1 Å². The fourth-order valence-electron chi connectivity index (χ4n) is 3.37. The molecule has 0 aliphatic carbocycles. The Morgan fingerprint density at radius 3 is 2.71 bits per heavy atom. The molecule has 122 valence electrons. The van der Waals surface area contributed by atoms with Crippen molar-refractivity contribution in [2.24, 2.45) is 0 Å². The van der Waals surface area contributed by atoms with Gasteiger partial charge in [0.05, 0.1) is 6.04 Å². The zero-order chi connectivity index (χ0) is 16.8. The zero-order valence-corrected chi connectivity index (χ0v) is 14.0. The van der Waals surface area contributed by atoms with Gasteiger partial charge in [-0.25, -0.2) is 0 Å². The Morgan fingerprint density at radius 1 is 1.17 bits per heavy atom. The van der Waals surface area contributed by atoms with Crippen molar-refractivity contribution in [1.82, 2.24) is 10.3 Å². The maximum Gasteiger partial charge on any atom is 0.321 e. The zero-order valence-electron chi connectivity index (χ0n) is 12.5. The number of fused-ring (bicyclic) bond motifs is 3. The second-order valence-electron chi connectivity index (χ2n) is 5.92. The summed E-state index contributed by atoms with van der Waals surface area (Å²) >= 11 is 12.4. The van der Waals surface area contributed by atoms with Crippen LogP contribution in [0.5, 0.6) is 0 Å². The van der Waals surface area contributed by atoms with Crippen LogP contribution in [0.1, 0.15) is 22.9 Å². The molecule has 3 aromatic rings. The number of carboxylic acids is 1. The first-order valence-corrected chi connectivity index (χ1v) is 8.33. The largest absolute Gasteiger partial charge is 0.480 e. The molecule has 4 nitrogen and oxygen atoms in total. The Balaban J connectivity index is 1.92. The second-order valence-corrected chi connectivity index (χ2v) is 6.77. The van der Waals surface area contributed by atoms with E-state index in [0.717, 1.165) is 27.7 Å². The molecule has 0 amide bonds. The van der Waals surface area contributed by atoms with Gasteiger partial charge in [0.1, 0.15) is 6.04 Å². The molecular weight excluding hydrogens is 347 g/mol. The SMILES string of the molecule is O=C(O)[C@H]1Cc2c([nH]c3ccccc23)[C@H](c2ccc(Cl)cc2Cl)N1. The smallest absolute Gasteiger partial charge is 0.321 e. The number of aliphatic carboxylic acids is 1. The summed E-state index contributed by atoms with van der Waals surface area (Å²) in [6.07, 6.45) is 0.427. The normalized spacial score (nSPS) is 20.1. The molecule has 0 saturated carbocycles. The molecule has 2 atom stereocenters. The number of benzene rings is 2. The van der Waals surface area contributed by atoms with Crippen LogP contribution in [0.25, 0.3) is 10.9 Å². The molecule has 0 bridgehead atoms. The average molecular weight is 361 g/mol. The summed E-state index contributed by atoms with van der Waals surface area (Å²) in [5.41, 5.74) is 3.77. The van der Waals surface area contributed by atoms with Crippen molar-refractivity contribution in [1.29, 1.82) is 0 Å². The van der Waals surface area contributed by atoms with Crippen molar-refractivity contribution >= 4 is 40.1 Å². The molecule has 24 heavy (non-hydrogen) atoms. The van der Waals surface area contributed by atoms with Gasteiger partial charge in [-0.05, 0) is 29.3 Å². The molecule has 1 aliphatic rings. The van der Waals surface area contributed by atoms with Gasteiger partial charge in [0.2, 0.25) is 0 Å². The monoisotopic (exact) mass is 360 g/mol. The number of rotatable bonds is 2. The minimum atomic E-state index is -0.874. The number of hydrogen-bond donors (Lipinski definition) is 3. The molecule has 1 aliphatic heterocycles. The summed E-state index contributed by atoms with van der Waals surface area (Å²) in [6, 6.07) is 12.2. The Kier molecular flexibility index (Phi) is 3.76. The molecule has 0 unspecified atom stereocenters. The van der Waals surface area contributed by atoms with Gasteiger partial charge in [-0.15, -0.1) is 0 Å². The average Bonchev–Trinajstić information content (AvgIpc) is 2.93. The predicted molar refractivity (Wildman–Crippen MR) is 94.9 cm³/mol. The van der Waals surface area contributed by atoms with Crippen LogP contribution < -0.4 is 5.32 Å². The number of aromatic amines is 1. The number of carbonyl (C=O) groups is 1. The van der Waals surface area contributed by atoms with E-state index in [1.165, 1.54) is 0 Å². The minimum Gasteiger partial charge on any atom is -0.480 e. The third kappa shape index (κ3) is 2.47. The fourth-order valence-corrected chi connectivity index (χ4v) is 3.89. The Morgan fingerprint density at radius 2 is 1.96 bits per heavy atom. The van der Waals surface area contributed by atoms with Gasteiger partial charge in [0.25, 0.3) is 0 Å². The van der Waals surface area contributed by atoms with Gasteiger partial charge in [0, 0.05) is 33.1 Å². The Bertz CT molecular complexity index is 951. The van der Waals surface area contributed by atoms with E-state index in [4.69, 9.17) is 23.2 Å². The molecule has 4 rings (SSSR count). The van der Waals surface area contributed by atoms with Crippen molar-refractivity contribution in [2.75, 3.05) is 0 Å². The van der Waals surface area contributed by atoms with Crippen LogP contribution in [0.3, 0.4) is 0 Å². The topological polar surface area (TPSA) is 65.1 Å². The van der Waals surface area contributed by atoms with Gasteiger partial charge in [-0.1, -0.05) is 47.5 Å². The van der Waals surface area contributed by atoms with Gasteiger partial charge >= 0.3 is 5.97 Å². The van der Waals surface area contributed by atoms with Gasteiger partial charge in [0.15, 0.2) is 0 Å². The summed E-state index contributed by atoms with van der Waals surface area (Å²) in [7, 11) is 0. The van der Waals surface area contributed by atoms with Crippen molar-refractivity contribution in [3.63, 3.8) is 0 Å². The second kappa shape index (κ2) is 5.81. The van der Waals surface area contributed by atoms with E-state index >= 15 is 0 Å². The van der Waals surface area contributed by atoms with Crippen LogP contribution in [0.15, 0.2) is 42.5 Å². The summed E-state index contributed by atoms with van der Waals surface area (Å²) in [6.45, 7) is 0. The molecular formula is C18H14Cl2N2O2. The molecule has 2 heterocycles. The molecule has 0 fully saturated rings. The van der Waals surface area contributed by atoms with Gasteiger partial charge in [-0.3, -0.25) is 10.1 Å². The number of nitrogens with one attached hydrogen (secondary N) is 2. The van der Waals surface area contributed by atoms with Crippen molar-refractivity contribution in [3.05, 3.63) is 69.3 Å². The van der Waals surface area contributed by atoms with Crippen molar-refractivity contribution in [3.8, 4) is 0 Å². The molecule has 3 N–H and O–H groups in total. The number of halogens is 2. The molecule has 0 spiro atoms. The lowest BCUT2D eigenvalue weighted by Gasteiger charge is -2.30. The molecule has 0 saturated heterocycles. The third-order valence-corrected chi connectivity index (χ3v) is 5.05. The standard InChI is InChI=1S/C18H14Cl2N2O2/c19-9-5-6-11(13(20)7-9)16-17-12(8-15(22-16)18(23)24)10-3-1-2-4-14(10)21-17/h1-7,15-16,21-22H,8H2,(H,23,24)/t15-,16+/m1/s1. The van der Waals surface area contributed by atoms with E-state index in [2.05, 4.69) is 10.3 Å².